The zero-order chi connectivity index (χ0) is 9.56. The van der Waals surface area contributed by atoms with Gasteiger partial charge in [0.1, 0.15) is 0 Å². The maximum absolute atomic E-state index is 9.27. The molecule has 0 aliphatic rings. The van der Waals surface area contributed by atoms with Gasteiger partial charge >= 0.3 is 0 Å². The topological polar surface area (TPSA) is 23.5 Å². The SMILES string of the molecule is CSCC(C)N(C)CC(O)CCl. The van der Waals surface area contributed by atoms with Gasteiger partial charge in [0.2, 0.25) is 0 Å². The van der Waals surface area contributed by atoms with Crippen molar-refractivity contribution in [1.29, 1.82) is 0 Å². The predicted octanol–water partition coefficient (Wildman–Crippen LogP) is 1.27. The van der Waals surface area contributed by atoms with E-state index in [1.54, 1.807) is 0 Å². The monoisotopic (exact) mass is 211 g/mol. The molecule has 74 valence electrons. The maximum atomic E-state index is 9.27. The molecule has 2 atom stereocenters. The Morgan fingerprint density at radius 3 is 2.58 bits per heavy atom. The van der Waals surface area contributed by atoms with Crippen molar-refractivity contribution in [2.24, 2.45) is 0 Å². The molecule has 2 nitrogen and oxygen atoms in total. The summed E-state index contributed by atoms with van der Waals surface area (Å²) in [6, 6.07) is 0.498. The Kier molecular flexibility index (Phi) is 7.34. The first kappa shape index (κ1) is 12.6. The number of hydrogen-bond acceptors (Lipinski definition) is 3. The first-order chi connectivity index (χ1) is 5.61. The summed E-state index contributed by atoms with van der Waals surface area (Å²) in [6.07, 6.45) is 1.68. The van der Waals surface area contributed by atoms with Crippen molar-refractivity contribution in [3.63, 3.8) is 0 Å². The van der Waals surface area contributed by atoms with E-state index in [1.807, 2.05) is 18.8 Å². The summed E-state index contributed by atoms with van der Waals surface area (Å²) < 4.78 is 0. The van der Waals surface area contributed by atoms with Crippen LogP contribution in [0.25, 0.3) is 0 Å². The Labute approximate surface area is 84.3 Å². The Morgan fingerprint density at radius 2 is 2.17 bits per heavy atom. The molecule has 0 spiro atoms. The highest BCUT2D eigenvalue weighted by Gasteiger charge is 2.11. The highest BCUT2D eigenvalue weighted by Crippen LogP contribution is 2.04. The van der Waals surface area contributed by atoms with E-state index in [4.69, 9.17) is 11.6 Å². The van der Waals surface area contributed by atoms with Crippen LogP contribution >= 0.6 is 23.4 Å². The number of thioether (sulfide) groups is 1. The highest BCUT2D eigenvalue weighted by molar-refractivity contribution is 7.98. The van der Waals surface area contributed by atoms with Crippen LogP contribution in [-0.4, -0.2) is 53.6 Å². The van der Waals surface area contributed by atoms with E-state index in [1.165, 1.54) is 0 Å². The zero-order valence-corrected chi connectivity index (χ0v) is 9.53. The third kappa shape index (κ3) is 5.25. The number of alkyl halides is 1. The van der Waals surface area contributed by atoms with Gasteiger partial charge in [0.25, 0.3) is 0 Å². The fourth-order valence-corrected chi connectivity index (χ4v) is 1.76. The van der Waals surface area contributed by atoms with Crippen molar-refractivity contribution < 1.29 is 5.11 Å². The van der Waals surface area contributed by atoms with E-state index in [-0.39, 0.29) is 0 Å². The van der Waals surface area contributed by atoms with Crippen molar-refractivity contribution in [1.82, 2.24) is 4.90 Å². The van der Waals surface area contributed by atoms with Crippen molar-refractivity contribution >= 4 is 23.4 Å². The average molecular weight is 212 g/mol. The van der Waals surface area contributed by atoms with Gasteiger partial charge in [-0.3, -0.25) is 0 Å². The summed E-state index contributed by atoms with van der Waals surface area (Å²) in [5, 5.41) is 9.27. The molecule has 0 aromatic rings. The Bertz CT molecular complexity index is 115. The number of rotatable bonds is 6. The van der Waals surface area contributed by atoms with Gasteiger partial charge < -0.3 is 10.0 Å². The number of aliphatic hydroxyl groups excluding tert-OH is 1. The van der Waals surface area contributed by atoms with Gasteiger partial charge in [-0.2, -0.15) is 11.8 Å². The van der Waals surface area contributed by atoms with Crippen LogP contribution in [0.3, 0.4) is 0 Å². The van der Waals surface area contributed by atoms with E-state index >= 15 is 0 Å². The molecule has 0 bridgehead atoms. The molecule has 0 aliphatic heterocycles. The number of likely N-dealkylation sites (N-methyl/N-ethyl adjacent to an activating group) is 1. The largest absolute Gasteiger partial charge is 0.391 e. The molecular formula is C8H18ClNOS. The molecule has 4 heteroatoms. The number of halogens is 1. The highest BCUT2D eigenvalue weighted by atomic mass is 35.5. The van der Waals surface area contributed by atoms with E-state index in [2.05, 4.69) is 18.1 Å². The van der Waals surface area contributed by atoms with Crippen LogP contribution in [0.15, 0.2) is 0 Å². The Balaban J connectivity index is 3.62. The predicted molar refractivity (Wildman–Crippen MR) is 57.2 cm³/mol. The van der Waals surface area contributed by atoms with Crippen LogP contribution in [0.4, 0.5) is 0 Å². The molecule has 1 N–H and O–H groups in total. The molecule has 2 unspecified atom stereocenters. The molecule has 0 aromatic carbocycles. The third-order valence-electron chi connectivity index (χ3n) is 1.84. The molecule has 0 fully saturated rings. The first-order valence-electron chi connectivity index (χ1n) is 4.05. The van der Waals surface area contributed by atoms with Gasteiger partial charge in [-0.25, -0.2) is 0 Å². The van der Waals surface area contributed by atoms with Gasteiger partial charge in [-0.1, -0.05) is 0 Å². The molecule has 0 rings (SSSR count). The van der Waals surface area contributed by atoms with Crippen LogP contribution in [-0.2, 0) is 0 Å². The van der Waals surface area contributed by atoms with Crippen LogP contribution < -0.4 is 0 Å². The van der Waals surface area contributed by atoms with Crippen molar-refractivity contribution in [3.8, 4) is 0 Å². The van der Waals surface area contributed by atoms with Crippen LogP contribution in [0, 0.1) is 0 Å². The average Bonchev–Trinajstić information content (AvgIpc) is 2.04. The van der Waals surface area contributed by atoms with E-state index in [0.29, 0.717) is 18.5 Å². The standard InChI is InChI=1S/C8H18ClNOS/c1-7(6-12-3)10(2)5-8(11)4-9/h7-8,11H,4-6H2,1-3H3. The van der Waals surface area contributed by atoms with Crippen molar-refractivity contribution in [2.45, 2.75) is 19.1 Å². The Hall–Kier alpha value is 0.560. The lowest BCUT2D eigenvalue weighted by Crippen LogP contribution is -2.37. The summed E-state index contributed by atoms with van der Waals surface area (Å²) in [6.45, 7) is 2.81. The van der Waals surface area contributed by atoms with Crippen LogP contribution in [0.2, 0.25) is 0 Å². The fourth-order valence-electron chi connectivity index (χ4n) is 0.930. The van der Waals surface area contributed by atoms with Crippen LogP contribution in [0.1, 0.15) is 6.92 Å². The van der Waals surface area contributed by atoms with Crippen molar-refractivity contribution in [3.05, 3.63) is 0 Å². The second kappa shape index (κ2) is 7.01. The van der Waals surface area contributed by atoms with Crippen LogP contribution in [0.5, 0.6) is 0 Å². The molecule has 0 saturated heterocycles. The summed E-state index contributed by atoms with van der Waals surface area (Å²) in [7, 11) is 2.01. The van der Waals surface area contributed by atoms with Gasteiger partial charge in [-0.15, -0.1) is 11.6 Å². The summed E-state index contributed by atoms with van der Waals surface area (Å²) >= 11 is 7.31. The molecule has 0 aromatic heterocycles. The zero-order valence-electron chi connectivity index (χ0n) is 7.96. The van der Waals surface area contributed by atoms with E-state index in [9.17, 15) is 5.11 Å². The van der Waals surface area contributed by atoms with Gasteiger partial charge in [-0.05, 0) is 20.2 Å². The Morgan fingerprint density at radius 1 is 1.58 bits per heavy atom. The lowest BCUT2D eigenvalue weighted by Gasteiger charge is -2.25. The van der Waals surface area contributed by atoms with E-state index in [0.717, 1.165) is 5.75 Å². The number of nitrogens with zero attached hydrogens (tertiary/aromatic N) is 1. The fraction of sp³-hybridized carbons (Fsp3) is 1.00. The maximum Gasteiger partial charge on any atom is 0.0802 e. The lowest BCUT2D eigenvalue weighted by atomic mass is 10.3. The molecule has 12 heavy (non-hydrogen) atoms. The minimum atomic E-state index is -0.402. The molecule has 0 radical (unpaired) electrons. The smallest absolute Gasteiger partial charge is 0.0802 e. The first-order valence-corrected chi connectivity index (χ1v) is 5.97. The van der Waals surface area contributed by atoms with Gasteiger partial charge in [0.15, 0.2) is 0 Å². The second-order valence-corrected chi connectivity index (χ2v) is 4.27. The quantitative estimate of drug-likeness (QED) is 0.670. The molecule has 0 aliphatic carbocycles. The second-order valence-electron chi connectivity index (χ2n) is 3.05. The minimum absolute atomic E-state index is 0.316. The molecule has 0 amide bonds. The minimum Gasteiger partial charge on any atom is -0.391 e. The van der Waals surface area contributed by atoms with E-state index < -0.39 is 6.10 Å². The lowest BCUT2D eigenvalue weighted by molar-refractivity contribution is 0.129. The number of hydrogen-bond donors (Lipinski definition) is 1. The molecule has 0 saturated carbocycles. The summed E-state index contributed by atoms with van der Waals surface area (Å²) in [4.78, 5) is 2.13. The van der Waals surface area contributed by atoms with Gasteiger partial charge in [0, 0.05) is 24.2 Å². The van der Waals surface area contributed by atoms with Gasteiger partial charge in [0.05, 0.1) is 6.10 Å². The molecular weight excluding hydrogens is 194 g/mol. The third-order valence-corrected chi connectivity index (χ3v) is 3.01. The van der Waals surface area contributed by atoms with Crippen molar-refractivity contribution in [2.75, 3.05) is 31.5 Å². The normalized spacial score (nSPS) is 16.5. The molecule has 0 heterocycles. The summed E-state index contributed by atoms with van der Waals surface area (Å²) in [5.41, 5.74) is 0. The summed E-state index contributed by atoms with van der Waals surface area (Å²) in [5.74, 6) is 1.40. The number of aliphatic hydroxyl groups is 1.